The molecule has 0 atom stereocenters. The van der Waals surface area contributed by atoms with Gasteiger partial charge in [0.05, 0.1) is 16.4 Å². The zero-order valence-corrected chi connectivity index (χ0v) is 12.5. The molecule has 2 aliphatic rings. The van der Waals surface area contributed by atoms with Gasteiger partial charge in [-0.3, -0.25) is 4.79 Å². The third kappa shape index (κ3) is 1.74. The second-order valence-electron chi connectivity index (χ2n) is 5.35. The summed E-state index contributed by atoms with van der Waals surface area (Å²) in [5.41, 5.74) is 2.36. The molecule has 0 amide bonds. The smallest absolute Gasteiger partial charge is 0.270 e. The molecule has 102 valence electrons. The maximum atomic E-state index is 11.6. The number of nitrogens with zero attached hydrogens (tertiary/aromatic N) is 1. The van der Waals surface area contributed by atoms with Crippen molar-refractivity contribution in [1.29, 1.82) is 0 Å². The van der Waals surface area contributed by atoms with E-state index in [0.717, 1.165) is 11.3 Å². The average molecular weight is 309 g/mol. The van der Waals surface area contributed by atoms with Gasteiger partial charge in [-0.15, -0.1) is 0 Å². The van der Waals surface area contributed by atoms with E-state index in [2.05, 4.69) is 4.99 Å². The number of carbonyl (C=O) groups excluding carboxylic acids is 1. The first-order valence-corrected chi connectivity index (χ1v) is 6.87. The lowest BCUT2D eigenvalue weighted by Gasteiger charge is -2.35. The average Bonchev–Trinajstić information content (AvgIpc) is 2.37. The van der Waals surface area contributed by atoms with Gasteiger partial charge in [-0.25, -0.2) is 4.99 Å². The van der Waals surface area contributed by atoms with Gasteiger partial charge >= 0.3 is 0 Å². The number of fused-ring (bicyclic) bond motifs is 2. The Kier molecular flexibility index (Phi) is 2.82. The van der Waals surface area contributed by atoms with Gasteiger partial charge in [0.1, 0.15) is 0 Å². The number of phenols is 1. The molecule has 1 aromatic rings. The van der Waals surface area contributed by atoms with Gasteiger partial charge in [-0.05, 0) is 23.8 Å². The number of hydrogen-bond donors (Lipinski definition) is 1. The van der Waals surface area contributed by atoms with Crippen molar-refractivity contribution in [2.75, 3.05) is 0 Å². The number of allylic oxidation sites excluding steroid dienone is 4. The van der Waals surface area contributed by atoms with Gasteiger partial charge in [0.2, 0.25) is 5.75 Å². The minimum atomic E-state index is -0.523. The molecule has 0 fully saturated rings. The first-order valence-electron chi connectivity index (χ1n) is 6.08. The Balaban J connectivity index is 2.38. The Bertz CT molecular complexity index is 743. The van der Waals surface area contributed by atoms with Crippen LogP contribution in [0.2, 0.25) is 10.0 Å². The van der Waals surface area contributed by atoms with E-state index in [1.807, 2.05) is 13.8 Å². The summed E-state index contributed by atoms with van der Waals surface area (Å²) in [6.45, 7) is 3.90. The molecule has 5 heteroatoms. The number of rotatable bonds is 0. The predicted octanol–water partition coefficient (Wildman–Crippen LogP) is 3.17. The Morgan fingerprint density at radius 1 is 1.35 bits per heavy atom. The standard InChI is InChI=1S/C15H11Cl2NO2/c1-15(2)8-5-7(19)3-4-10(8)18-11-6-9(16)14(20)13(17)12(11)15/h3-6,16H,1-2H3/p+1. The molecule has 1 heterocycles. The Morgan fingerprint density at radius 3 is 2.75 bits per heavy atom. The van der Waals surface area contributed by atoms with Crippen molar-refractivity contribution in [3.8, 4) is 5.75 Å². The fourth-order valence-electron chi connectivity index (χ4n) is 2.66. The van der Waals surface area contributed by atoms with Crippen LogP contribution in [0.1, 0.15) is 19.4 Å². The number of aliphatic imine (C=N–C) groups is 1. The molecular weight excluding hydrogens is 297 g/mol. The molecule has 0 aromatic heterocycles. The summed E-state index contributed by atoms with van der Waals surface area (Å²) in [6, 6.07) is 1.64. The van der Waals surface area contributed by atoms with Crippen LogP contribution in [0.4, 0.5) is 5.69 Å². The van der Waals surface area contributed by atoms with Crippen LogP contribution in [-0.4, -0.2) is 16.6 Å². The van der Waals surface area contributed by atoms with Gasteiger partial charge in [-0.2, -0.15) is 0 Å². The van der Waals surface area contributed by atoms with E-state index in [0.29, 0.717) is 11.3 Å². The Labute approximate surface area is 126 Å². The van der Waals surface area contributed by atoms with E-state index in [1.165, 1.54) is 6.08 Å². The zero-order chi connectivity index (χ0) is 14.7. The summed E-state index contributed by atoms with van der Waals surface area (Å²) in [5, 5.41) is 10.4. The van der Waals surface area contributed by atoms with Crippen LogP contribution in [-0.2, 0) is 10.2 Å². The maximum Gasteiger partial charge on any atom is 0.270 e. The first-order chi connectivity index (χ1) is 9.32. The SMILES string of the molecule is CC1(C)C2=CC(=O)C=CC2=Nc2cc([ClH+])c(O)c(Cl)c21. The number of aromatic hydroxyl groups is 1. The Morgan fingerprint density at radius 2 is 2.05 bits per heavy atom. The molecule has 1 aliphatic carbocycles. The lowest BCUT2D eigenvalue weighted by atomic mass is 9.71. The largest absolute Gasteiger partial charge is 0.502 e. The fourth-order valence-corrected chi connectivity index (χ4v) is 3.37. The van der Waals surface area contributed by atoms with E-state index in [4.69, 9.17) is 23.2 Å². The van der Waals surface area contributed by atoms with Crippen LogP contribution in [0, 0.1) is 11.6 Å². The van der Waals surface area contributed by atoms with Crippen molar-refractivity contribution in [2.24, 2.45) is 4.99 Å². The molecular formula is C15H12Cl2NO2+. The highest BCUT2D eigenvalue weighted by Gasteiger charge is 2.39. The summed E-state index contributed by atoms with van der Waals surface area (Å²) in [6.07, 6.45) is 4.75. The van der Waals surface area contributed by atoms with Crippen LogP contribution in [0.15, 0.2) is 34.9 Å². The molecule has 0 spiro atoms. The summed E-state index contributed by atoms with van der Waals surface area (Å²) in [4.78, 5) is 16.1. The highest BCUT2D eigenvalue weighted by molar-refractivity contribution is 6.34. The summed E-state index contributed by atoms with van der Waals surface area (Å²) >= 11 is 11.3. The van der Waals surface area contributed by atoms with Crippen molar-refractivity contribution in [1.82, 2.24) is 0 Å². The zero-order valence-electron chi connectivity index (χ0n) is 10.9. The predicted molar refractivity (Wildman–Crippen MR) is 76.0 cm³/mol. The normalized spacial score (nSPS) is 19.1. The van der Waals surface area contributed by atoms with Crippen molar-refractivity contribution < 1.29 is 21.5 Å². The molecule has 0 bridgehead atoms. The van der Waals surface area contributed by atoms with Crippen LogP contribution in [0.5, 0.6) is 5.75 Å². The van der Waals surface area contributed by atoms with Crippen molar-refractivity contribution in [3.63, 3.8) is 0 Å². The summed E-state index contributed by atoms with van der Waals surface area (Å²) < 4.78 is 0. The van der Waals surface area contributed by atoms with E-state index in [9.17, 15) is 9.90 Å². The van der Waals surface area contributed by atoms with Crippen molar-refractivity contribution in [2.45, 2.75) is 19.3 Å². The van der Waals surface area contributed by atoms with Gasteiger partial charge in [-0.1, -0.05) is 25.4 Å². The first kappa shape index (κ1) is 13.4. The van der Waals surface area contributed by atoms with Gasteiger partial charge in [0.25, 0.3) is 5.02 Å². The minimum absolute atomic E-state index is 0.0734. The minimum Gasteiger partial charge on any atom is -0.502 e. The number of benzene rings is 1. The lowest BCUT2D eigenvalue weighted by molar-refractivity contribution is -0.290. The number of phenolic OH excluding ortho intramolecular Hbond substituents is 1. The monoisotopic (exact) mass is 308 g/mol. The number of ketones is 1. The molecule has 1 aromatic carbocycles. The lowest BCUT2D eigenvalue weighted by Crippen LogP contribution is -2.30. The highest BCUT2D eigenvalue weighted by atomic mass is 35.5. The van der Waals surface area contributed by atoms with E-state index in [1.54, 1.807) is 18.2 Å². The third-order valence-corrected chi connectivity index (χ3v) is 4.37. The van der Waals surface area contributed by atoms with Crippen LogP contribution in [0.25, 0.3) is 0 Å². The second kappa shape index (κ2) is 4.21. The quantitative estimate of drug-likeness (QED) is 0.748. The van der Waals surface area contributed by atoms with Crippen molar-refractivity contribution >= 4 is 28.8 Å². The number of halogens is 2. The third-order valence-electron chi connectivity index (χ3n) is 3.69. The van der Waals surface area contributed by atoms with Crippen LogP contribution in [0.3, 0.4) is 0 Å². The van der Waals surface area contributed by atoms with Crippen LogP contribution >= 0.6 is 11.6 Å². The van der Waals surface area contributed by atoms with Crippen LogP contribution < -0.4 is 0 Å². The molecule has 0 radical (unpaired) electrons. The summed E-state index contributed by atoms with van der Waals surface area (Å²) in [5.74, 6) is -0.180. The molecule has 3 rings (SSSR count). The van der Waals surface area contributed by atoms with E-state index >= 15 is 0 Å². The molecule has 3 nitrogen and oxygen atoms in total. The topological polar surface area (TPSA) is 49.7 Å². The number of carbonyl (C=O) groups is 1. The highest BCUT2D eigenvalue weighted by Crippen LogP contribution is 2.50. The molecule has 1 aliphatic heterocycles. The van der Waals surface area contributed by atoms with Gasteiger partial charge in [0, 0.05) is 17.0 Å². The molecule has 0 saturated heterocycles. The Hall–Kier alpha value is -1.58. The molecule has 0 saturated carbocycles. The van der Waals surface area contributed by atoms with E-state index in [-0.39, 0.29) is 21.6 Å². The van der Waals surface area contributed by atoms with E-state index < -0.39 is 5.41 Å². The maximum absolute atomic E-state index is 11.6. The molecule has 0 unspecified atom stereocenters. The summed E-state index contributed by atoms with van der Waals surface area (Å²) in [7, 11) is 0. The number of hydrogen-bond acceptors (Lipinski definition) is 3. The van der Waals surface area contributed by atoms with Crippen molar-refractivity contribution in [3.05, 3.63) is 45.5 Å². The van der Waals surface area contributed by atoms with Gasteiger partial charge < -0.3 is 5.11 Å². The fraction of sp³-hybridized carbons (Fsp3) is 0.200. The molecule has 1 N–H and O–H groups in total. The van der Waals surface area contributed by atoms with Gasteiger partial charge in [0.15, 0.2) is 17.4 Å². The molecule has 20 heavy (non-hydrogen) atoms. The second-order valence-corrected chi connectivity index (χ2v) is 6.16.